The summed E-state index contributed by atoms with van der Waals surface area (Å²) in [4.78, 5) is 4.56. The fraction of sp³-hybridized carbons (Fsp3) is 0.462. The van der Waals surface area contributed by atoms with Crippen molar-refractivity contribution in [1.82, 2.24) is 5.32 Å². The van der Waals surface area contributed by atoms with E-state index in [4.69, 9.17) is 11.6 Å². The zero-order valence-electron chi connectivity index (χ0n) is 10.6. The molecule has 5 heteroatoms. The lowest BCUT2D eigenvalue weighted by Crippen LogP contribution is -2.39. The van der Waals surface area contributed by atoms with Gasteiger partial charge in [0.25, 0.3) is 0 Å². The van der Waals surface area contributed by atoms with Gasteiger partial charge in [0.15, 0.2) is 5.17 Å². The smallest absolute Gasteiger partial charge is 0.156 e. The predicted octanol–water partition coefficient (Wildman–Crippen LogP) is 3.98. The molecule has 1 aliphatic rings. The first-order valence-corrected chi connectivity index (χ1v) is 7.07. The SMILES string of the molecule is CC1(C)CN=C(SCc2ccc(Cl)cc2)NC1.Cl. The van der Waals surface area contributed by atoms with E-state index in [0.29, 0.717) is 0 Å². The van der Waals surface area contributed by atoms with Crippen molar-refractivity contribution in [3.8, 4) is 0 Å². The van der Waals surface area contributed by atoms with Crippen LogP contribution in [0.25, 0.3) is 0 Å². The molecule has 0 aromatic heterocycles. The number of benzene rings is 1. The molecule has 18 heavy (non-hydrogen) atoms. The van der Waals surface area contributed by atoms with Crippen molar-refractivity contribution in [1.29, 1.82) is 0 Å². The molecule has 0 fully saturated rings. The van der Waals surface area contributed by atoms with Gasteiger partial charge in [-0.3, -0.25) is 4.99 Å². The minimum absolute atomic E-state index is 0. The van der Waals surface area contributed by atoms with Crippen LogP contribution in [0.4, 0.5) is 0 Å². The Morgan fingerprint density at radius 1 is 1.33 bits per heavy atom. The summed E-state index contributed by atoms with van der Waals surface area (Å²) >= 11 is 7.60. The largest absolute Gasteiger partial charge is 0.364 e. The number of thioether (sulfide) groups is 1. The van der Waals surface area contributed by atoms with Crippen molar-refractivity contribution in [2.75, 3.05) is 13.1 Å². The molecule has 0 amide bonds. The Hall–Kier alpha value is -0.380. The second kappa shape index (κ2) is 6.69. The van der Waals surface area contributed by atoms with Gasteiger partial charge in [0.05, 0.1) is 0 Å². The van der Waals surface area contributed by atoms with Crippen LogP contribution in [0.15, 0.2) is 29.3 Å². The molecule has 1 aromatic carbocycles. The minimum Gasteiger partial charge on any atom is -0.364 e. The normalized spacial score (nSPS) is 17.4. The number of hydrogen-bond donors (Lipinski definition) is 1. The average molecular weight is 305 g/mol. The highest BCUT2D eigenvalue weighted by Gasteiger charge is 2.22. The third-order valence-electron chi connectivity index (χ3n) is 2.66. The molecule has 1 aromatic rings. The molecule has 0 aliphatic carbocycles. The van der Waals surface area contributed by atoms with E-state index in [2.05, 4.69) is 36.3 Å². The van der Waals surface area contributed by atoms with Gasteiger partial charge in [-0.15, -0.1) is 12.4 Å². The summed E-state index contributed by atoms with van der Waals surface area (Å²) in [6, 6.07) is 7.97. The van der Waals surface area contributed by atoms with Gasteiger partial charge in [0.2, 0.25) is 0 Å². The molecule has 0 unspecified atom stereocenters. The van der Waals surface area contributed by atoms with E-state index in [0.717, 1.165) is 29.0 Å². The number of rotatable bonds is 2. The van der Waals surface area contributed by atoms with Crippen LogP contribution in [-0.4, -0.2) is 18.3 Å². The van der Waals surface area contributed by atoms with Gasteiger partial charge < -0.3 is 5.32 Å². The van der Waals surface area contributed by atoms with E-state index in [9.17, 15) is 0 Å². The summed E-state index contributed by atoms with van der Waals surface area (Å²) < 4.78 is 0. The van der Waals surface area contributed by atoms with E-state index in [1.165, 1.54) is 5.56 Å². The van der Waals surface area contributed by atoms with Crippen molar-refractivity contribution < 1.29 is 0 Å². The van der Waals surface area contributed by atoms with Gasteiger partial charge in [-0.2, -0.15) is 0 Å². The first-order chi connectivity index (χ1) is 8.05. The van der Waals surface area contributed by atoms with Crippen molar-refractivity contribution in [3.05, 3.63) is 34.9 Å². The Morgan fingerprint density at radius 2 is 2.00 bits per heavy atom. The molecule has 0 bridgehead atoms. The third-order valence-corrected chi connectivity index (χ3v) is 3.93. The molecular formula is C13H18Cl2N2S. The van der Waals surface area contributed by atoms with Crippen LogP contribution in [0, 0.1) is 5.41 Å². The van der Waals surface area contributed by atoms with Crippen molar-refractivity contribution in [2.45, 2.75) is 19.6 Å². The number of aliphatic imine (C=N–C) groups is 1. The second-order valence-corrected chi connectivity index (χ2v) is 6.45. The maximum Gasteiger partial charge on any atom is 0.156 e. The zero-order chi connectivity index (χ0) is 12.3. The summed E-state index contributed by atoms with van der Waals surface area (Å²) in [5.74, 6) is 0.934. The van der Waals surface area contributed by atoms with Crippen LogP contribution in [0.1, 0.15) is 19.4 Å². The van der Waals surface area contributed by atoms with Crippen LogP contribution in [0.5, 0.6) is 0 Å². The lowest BCUT2D eigenvalue weighted by atomic mass is 9.93. The van der Waals surface area contributed by atoms with E-state index in [-0.39, 0.29) is 17.8 Å². The first kappa shape index (κ1) is 15.7. The molecule has 0 spiro atoms. The molecule has 0 saturated heterocycles. The Kier molecular flexibility index (Phi) is 5.83. The number of hydrogen-bond acceptors (Lipinski definition) is 3. The summed E-state index contributed by atoms with van der Waals surface area (Å²) in [6.45, 7) is 6.36. The molecular weight excluding hydrogens is 287 g/mol. The monoisotopic (exact) mass is 304 g/mol. The Morgan fingerprint density at radius 3 is 2.56 bits per heavy atom. The molecule has 0 radical (unpaired) electrons. The highest BCUT2D eigenvalue weighted by atomic mass is 35.5. The molecule has 2 nitrogen and oxygen atoms in total. The topological polar surface area (TPSA) is 24.4 Å². The van der Waals surface area contributed by atoms with Gasteiger partial charge in [-0.25, -0.2) is 0 Å². The van der Waals surface area contributed by atoms with Gasteiger partial charge in [-0.1, -0.05) is 49.3 Å². The molecule has 0 saturated carbocycles. The number of amidine groups is 1. The standard InChI is InChI=1S/C13H17ClN2S.ClH/c1-13(2)8-15-12(16-9-13)17-7-10-3-5-11(14)6-4-10;/h3-6H,7-9H2,1-2H3,(H,15,16);1H. The lowest BCUT2D eigenvalue weighted by Gasteiger charge is -2.28. The number of halogens is 2. The van der Waals surface area contributed by atoms with Crippen molar-refractivity contribution in [3.63, 3.8) is 0 Å². The van der Waals surface area contributed by atoms with Crippen molar-refractivity contribution in [2.24, 2.45) is 10.4 Å². The molecule has 1 heterocycles. The Bertz CT molecular complexity index is 416. The molecule has 0 atom stereocenters. The summed E-state index contributed by atoms with van der Waals surface area (Å²) in [5, 5.41) is 5.22. The van der Waals surface area contributed by atoms with E-state index >= 15 is 0 Å². The van der Waals surface area contributed by atoms with Gasteiger partial charge >= 0.3 is 0 Å². The minimum atomic E-state index is 0. The quantitative estimate of drug-likeness (QED) is 0.893. The zero-order valence-corrected chi connectivity index (χ0v) is 13.0. The molecule has 1 aliphatic heterocycles. The lowest BCUT2D eigenvalue weighted by molar-refractivity contribution is 0.364. The molecule has 2 rings (SSSR count). The maximum atomic E-state index is 5.85. The second-order valence-electron chi connectivity index (χ2n) is 5.05. The molecule has 1 N–H and O–H groups in total. The first-order valence-electron chi connectivity index (χ1n) is 5.71. The van der Waals surface area contributed by atoms with Crippen LogP contribution in [0.2, 0.25) is 5.02 Å². The number of nitrogens with zero attached hydrogens (tertiary/aromatic N) is 1. The van der Waals surface area contributed by atoms with Crippen molar-refractivity contribution >= 4 is 40.9 Å². The summed E-state index contributed by atoms with van der Waals surface area (Å²) in [6.07, 6.45) is 0. The van der Waals surface area contributed by atoms with E-state index in [1.807, 2.05) is 12.1 Å². The third kappa shape index (κ3) is 4.71. The Balaban J connectivity index is 0.00000162. The fourth-order valence-electron chi connectivity index (χ4n) is 1.54. The van der Waals surface area contributed by atoms with Gasteiger partial charge in [0.1, 0.15) is 0 Å². The molecule has 100 valence electrons. The number of nitrogens with one attached hydrogen (secondary N) is 1. The van der Waals surface area contributed by atoms with Crippen LogP contribution in [0.3, 0.4) is 0 Å². The summed E-state index contributed by atoms with van der Waals surface area (Å²) in [5.41, 5.74) is 1.55. The average Bonchev–Trinajstić information content (AvgIpc) is 2.30. The van der Waals surface area contributed by atoms with Crippen LogP contribution in [-0.2, 0) is 5.75 Å². The van der Waals surface area contributed by atoms with Gasteiger partial charge in [0, 0.05) is 29.3 Å². The summed E-state index contributed by atoms with van der Waals surface area (Å²) in [7, 11) is 0. The van der Waals surface area contributed by atoms with Gasteiger partial charge in [-0.05, 0) is 17.7 Å². The maximum absolute atomic E-state index is 5.85. The predicted molar refractivity (Wildman–Crippen MR) is 84.1 cm³/mol. The fourth-order valence-corrected chi connectivity index (χ4v) is 2.49. The highest BCUT2D eigenvalue weighted by molar-refractivity contribution is 8.13. The van der Waals surface area contributed by atoms with E-state index < -0.39 is 0 Å². The highest BCUT2D eigenvalue weighted by Crippen LogP contribution is 2.21. The van der Waals surface area contributed by atoms with Crippen LogP contribution < -0.4 is 5.32 Å². The Labute approximate surface area is 124 Å². The van der Waals surface area contributed by atoms with E-state index in [1.54, 1.807) is 11.8 Å². The van der Waals surface area contributed by atoms with Crippen LogP contribution >= 0.6 is 35.8 Å².